The largest absolute Gasteiger partial charge is 0.481 e. The zero-order valence-electron chi connectivity index (χ0n) is 19.5. The fourth-order valence-corrected chi connectivity index (χ4v) is 3.48. The minimum absolute atomic E-state index is 0.0643. The molecule has 0 bridgehead atoms. The number of nitrogens with one attached hydrogen (secondary N) is 4. The molecule has 0 aliphatic rings. The van der Waals surface area contributed by atoms with Crippen LogP contribution in [-0.2, 0) is 30.4 Å². The molecule has 3 unspecified atom stereocenters. The van der Waals surface area contributed by atoms with Gasteiger partial charge in [-0.2, -0.15) is 0 Å². The zero-order valence-corrected chi connectivity index (χ0v) is 19.5. The average Bonchev–Trinajstić information content (AvgIpc) is 3.21. The van der Waals surface area contributed by atoms with Crippen LogP contribution in [0.25, 0.3) is 10.9 Å². The Morgan fingerprint density at radius 1 is 0.971 bits per heavy atom. The third-order valence-electron chi connectivity index (χ3n) is 5.40. The number of carboxylic acid groups (broad SMARTS) is 2. The summed E-state index contributed by atoms with van der Waals surface area (Å²) >= 11 is 0. The van der Waals surface area contributed by atoms with Gasteiger partial charge in [0, 0.05) is 29.9 Å². The first-order valence-electron chi connectivity index (χ1n) is 11.1. The minimum atomic E-state index is -1.23. The number of hydrogen-bond acceptors (Lipinski definition) is 6. The molecule has 0 radical (unpaired) electrons. The molecule has 2 aromatic rings. The summed E-state index contributed by atoms with van der Waals surface area (Å²) in [6.07, 6.45) is 1.34. The van der Waals surface area contributed by atoms with E-state index in [1.165, 1.54) is 0 Å². The van der Waals surface area contributed by atoms with Crippen LogP contribution < -0.4 is 21.7 Å². The van der Waals surface area contributed by atoms with Gasteiger partial charge < -0.3 is 36.9 Å². The Morgan fingerprint density at radius 3 is 2.29 bits per heavy atom. The molecular formula is C23H31N5O7. The molecule has 35 heavy (non-hydrogen) atoms. The number of para-hydroxylation sites is 1. The lowest BCUT2D eigenvalue weighted by atomic mass is 10.00. The first-order chi connectivity index (χ1) is 16.5. The summed E-state index contributed by atoms with van der Waals surface area (Å²) in [7, 11) is 0. The van der Waals surface area contributed by atoms with E-state index in [1.54, 1.807) is 20.0 Å². The van der Waals surface area contributed by atoms with E-state index in [-0.39, 0.29) is 25.2 Å². The van der Waals surface area contributed by atoms with Crippen LogP contribution in [0.4, 0.5) is 0 Å². The van der Waals surface area contributed by atoms with Gasteiger partial charge in [-0.3, -0.25) is 24.0 Å². The predicted molar refractivity (Wildman–Crippen MR) is 126 cm³/mol. The predicted octanol–water partition coefficient (Wildman–Crippen LogP) is -0.271. The minimum Gasteiger partial charge on any atom is -0.481 e. The molecule has 3 amide bonds. The molecule has 2 rings (SSSR count). The summed E-state index contributed by atoms with van der Waals surface area (Å²) in [6.45, 7) is 2.76. The molecule has 8 N–H and O–H groups in total. The van der Waals surface area contributed by atoms with Crippen LogP contribution in [0.1, 0.15) is 32.3 Å². The van der Waals surface area contributed by atoms with Gasteiger partial charge in [-0.25, -0.2) is 0 Å². The first kappa shape index (κ1) is 27.3. The second-order valence-corrected chi connectivity index (χ2v) is 8.51. The van der Waals surface area contributed by atoms with Gasteiger partial charge in [0.05, 0.1) is 6.04 Å². The van der Waals surface area contributed by atoms with E-state index in [0.717, 1.165) is 16.5 Å². The highest BCUT2D eigenvalue weighted by Crippen LogP contribution is 2.19. The Balaban J connectivity index is 2.24. The number of benzene rings is 1. The summed E-state index contributed by atoms with van der Waals surface area (Å²) in [5.74, 6) is -4.76. The Hall–Kier alpha value is -3.93. The molecule has 0 spiro atoms. The van der Waals surface area contributed by atoms with Crippen molar-refractivity contribution in [3.8, 4) is 0 Å². The number of H-pyrrole nitrogens is 1. The van der Waals surface area contributed by atoms with Gasteiger partial charge in [0.1, 0.15) is 18.6 Å². The number of carboxylic acids is 2. The molecule has 12 nitrogen and oxygen atoms in total. The number of amides is 3. The quantitative estimate of drug-likeness (QED) is 0.199. The van der Waals surface area contributed by atoms with Crippen LogP contribution in [0.2, 0.25) is 0 Å². The zero-order chi connectivity index (χ0) is 26.1. The molecule has 0 aliphatic heterocycles. The van der Waals surface area contributed by atoms with E-state index in [2.05, 4.69) is 20.9 Å². The third kappa shape index (κ3) is 8.10. The van der Waals surface area contributed by atoms with Gasteiger partial charge in [-0.1, -0.05) is 32.0 Å². The summed E-state index contributed by atoms with van der Waals surface area (Å²) in [5.41, 5.74) is 7.38. The number of hydrogen-bond donors (Lipinski definition) is 7. The van der Waals surface area contributed by atoms with E-state index in [1.807, 2.05) is 24.3 Å². The third-order valence-corrected chi connectivity index (χ3v) is 5.40. The van der Waals surface area contributed by atoms with Crippen molar-refractivity contribution in [2.75, 3.05) is 6.54 Å². The fraction of sp³-hybridized carbons (Fsp3) is 0.435. The highest BCUT2D eigenvalue weighted by Gasteiger charge is 2.30. The SMILES string of the molecule is CC(C)C(NC(=O)C(Cc1c[nH]c2ccccc12)NC(=O)C(N)CCC(=O)O)C(=O)NCC(=O)O. The average molecular weight is 490 g/mol. The van der Waals surface area contributed by atoms with Crippen LogP contribution in [0.15, 0.2) is 30.5 Å². The Kier molecular flexibility index (Phi) is 9.76. The van der Waals surface area contributed by atoms with Gasteiger partial charge in [0.15, 0.2) is 0 Å². The van der Waals surface area contributed by atoms with Gasteiger partial charge in [0.25, 0.3) is 0 Å². The second kappa shape index (κ2) is 12.5. The number of carbonyl (C=O) groups is 5. The number of nitrogens with two attached hydrogens (primary N) is 1. The standard InChI is InChI=1S/C23H31N5O7/c1-12(2)20(23(35)26-11-19(31)32)28-22(34)17(27-21(33)15(24)7-8-18(29)30)9-13-10-25-16-6-4-3-5-14(13)16/h3-6,10,12,15,17,20,25H,7-9,11,24H2,1-2H3,(H,26,35)(H,27,33)(H,28,34)(H,29,30)(H,31,32). The Labute approximate surface area is 201 Å². The number of rotatable bonds is 13. The lowest BCUT2D eigenvalue weighted by Crippen LogP contribution is -2.57. The summed E-state index contributed by atoms with van der Waals surface area (Å²) < 4.78 is 0. The van der Waals surface area contributed by atoms with Crippen molar-refractivity contribution in [3.63, 3.8) is 0 Å². The molecule has 0 saturated heterocycles. The van der Waals surface area contributed by atoms with Crippen LogP contribution in [0, 0.1) is 5.92 Å². The molecule has 0 saturated carbocycles. The number of aliphatic carboxylic acids is 2. The highest BCUT2D eigenvalue weighted by atomic mass is 16.4. The van der Waals surface area contributed by atoms with E-state index in [4.69, 9.17) is 15.9 Å². The summed E-state index contributed by atoms with van der Waals surface area (Å²) in [6, 6.07) is 4.05. The monoisotopic (exact) mass is 489 g/mol. The van der Waals surface area contributed by atoms with E-state index in [0.29, 0.717) is 0 Å². The molecule has 0 fully saturated rings. The lowest BCUT2D eigenvalue weighted by Gasteiger charge is -2.26. The molecule has 1 heterocycles. The van der Waals surface area contributed by atoms with Gasteiger partial charge in [-0.05, 0) is 24.0 Å². The number of fused-ring (bicyclic) bond motifs is 1. The van der Waals surface area contributed by atoms with Crippen LogP contribution in [-0.4, -0.2) is 69.5 Å². The molecule has 3 atom stereocenters. The molecule has 1 aromatic heterocycles. The maximum atomic E-state index is 13.2. The van der Waals surface area contributed by atoms with Crippen molar-refractivity contribution >= 4 is 40.6 Å². The summed E-state index contributed by atoms with van der Waals surface area (Å²) in [5, 5.41) is 25.9. The summed E-state index contributed by atoms with van der Waals surface area (Å²) in [4.78, 5) is 63.0. The molecule has 190 valence electrons. The van der Waals surface area contributed by atoms with Gasteiger partial charge >= 0.3 is 11.9 Å². The Bertz CT molecular complexity index is 1080. The molecule has 12 heteroatoms. The van der Waals surface area contributed by atoms with Crippen molar-refractivity contribution in [2.24, 2.45) is 11.7 Å². The fourth-order valence-electron chi connectivity index (χ4n) is 3.48. The van der Waals surface area contributed by atoms with E-state index >= 15 is 0 Å². The van der Waals surface area contributed by atoms with Crippen molar-refractivity contribution in [1.82, 2.24) is 20.9 Å². The van der Waals surface area contributed by atoms with Crippen molar-refractivity contribution in [1.29, 1.82) is 0 Å². The maximum absolute atomic E-state index is 13.2. The molecule has 1 aromatic carbocycles. The molecular weight excluding hydrogens is 458 g/mol. The van der Waals surface area contributed by atoms with Crippen molar-refractivity contribution < 1.29 is 34.2 Å². The molecule has 0 aliphatic carbocycles. The van der Waals surface area contributed by atoms with Crippen molar-refractivity contribution in [2.45, 2.75) is 51.2 Å². The smallest absolute Gasteiger partial charge is 0.322 e. The van der Waals surface area contributed by atoms with Crippen LogP contribution in [0.5, 0.6) is 0 Å². The van der Waals surface area contributed by atoms with E-state index < -0.39 is 54.3 Å². The number of carbonyl (C=O) groups excluding carboxylic acids is 3. The van der Waals surface area contributed by atoms with E-state index in [9.17, 15) is 24.0 Å². The highest BCUT2D eigenvalue weighted by molar-refractivity contribution is 5.94. The number of aromatic amines is 1. The normalized spacial score (nSPS) is 13.6. The van der Waals surface area contributed by atoms with Gasteiger partial charge in [0.2, 0.25) is 17.7 Å². The second-order valence-electron chi connectivity index (χ2n) is 8.51. The Morgan fingerprint density at radius 2 is 1.66 bits per heavy atom. The first-order valence-corrected chi connectivity index (χ1v) is 11.1. The topological polar surface area (TPSA) is 204 Å². The van der Waals surface area contributed by atoms with Crippen LogP contribution in [0.3, 0.4) is 0 Å². The number of aromatic nitrogens is 1. The lowest BCUT2D eigenvalue weighted by molar-refractivity contribution is -0.139. The maximum Gasteiger partial charge on any atom is 0.322 e. The van der Waals surface area contributed by atoms with Crippen LogP contribution >= 0.6 is 0 Å². The van der Waals surface area contributed by atoms with Crippen molar-refractivity contribution in [3.05, 3.63) is 36.0 Å². The van der Waals surface area contributed by atoms with Gasteiger partial charge in [-0.15, -0.1) is 0 Å².